The van der Waals surface area contributed by atoms with Gasteiger partial charge in [0.25, 0.3) is 7.14 Å². The molecule has 0 aliphatic carbocycles. The Morgan fingerprint density at radius 1 is 1.50 bits per heavy atom. The topological polar surface area (TPSA) is 57.5 Å². The summed E-state index contributed by atoms with van der Waals surface area (Å²) >= 11 is 0. The van der Waals surface area contributed by atoms with Crippen LogP contribution in [0.15, 0.2) is 0 Å². The molecular weight excluding hydrogens is 189 g/mol. The van der Waals surface area contributed by atoms with E-state index in [2.05, 4.69) is 0 Å². The molecule has 8 heteroatoms. The Morgan fingerprint density at radius 2 is 1.50 bits per heavy atom. The standard InChI is InChI=1S/Al.Li.H5O3PSi.Ti.4H/c;;1-4(2,3)5;;;;;/h;;5H3,(H2,1,2,3);;;;;/q;+1;;;;;;-1. The van der Waals surface area contributed by atoms with Crippen LogP contribution in [0.3, 0.4) is 0 Å². The zero-order chi connectivity index (χ0) is 4.50. The molecule has 3 nitrogen and oxygen atoms in total. The summed E-state index contributed by atoms with van der Waals surface area (Å²) in [6.45, 7) is 0. The van der Waals surface area contributed by atoms with Crippen molar-refractivity contribution in [2.45, 2.75) is 0 Å². The molecule has 0 heterocycles. The second kappa shape index (κ2) is 9.21. The van der Waals surface area contributed by atoms with Crippen LogP contribution in [-0.2, 0) is 26.3 Å². The van der Waals surface area contributed by atoms with E-state index in [9.17, 15) is 4.57 Å². The first-order valence-electron chi connectivity index (χ1n) is 1.03. The molecule has 0 aromatic carbocycles. The van der Waals surface area contributed by atoms with Crippen molar-refractivity contribution in [3.8, 4) is 0 Å². The van der Waals surface area contributed by atoms with Crippen LogP contribution in [0.1, 0.15) is 1.43 Å². The molecule has 0 amide bonds. The minimum Gasteiger partial charge on any atom is -1.00 e. The van der Waals surface area contributed by atoms with Crippen LogP contribution in [0, 0.1) is 0 Å². The molecule has 44 valence electrons. The number of rotatable bonds is 0. The molecule has 0 saturated carbocycles. The van der Waals surface area contributed by atoms with E-state index in [1.807, 2.05) is 0 Å². The molecule has 0 atom stereocenters. The van der Waals surface area contributed by atoms with Gasteiger partial charge in [-0.1, -0.05) is 0 Å². The number of hydrogen-bond acceptors (Lipinski definition) is 1. The zero-order valence-electron chi connectivity index (χ0n) is 5.25. The summed E-state index contributed by atoms with van der Waals surface area (Å²) in [6, 6.07) is 0. The first-order chi connectivity index (χ1) is 2.00. The van der Waals surface area contributed by atoms with Crippen LogP contribution in [0.4, 0.5) is 0 Å². The zero-order valence-corrected chi connectivity index (χ0v) is 8.71. The van der Waals surface area contributed by atoms with Gasteiger partial charge < -0.3 is 11.2 Å². The predicted octanol–water partition coefficient (Wildman–Crippen LogP) is -5.63. The Kier molecular flexibility index (Phi) is 25.9. The molecule has 0 fully saturated rings. The molecule has 0 aromatic heterocycles. The largest absolute Gasteiger partial charge is 1.00 e. The van der Waals surface area contributed by atoms with E-state index in [1.54, 1.807) is 0 Å². The van der Waals surface area contributed by atoms with Gasteiger partial charge >= 0.3 is 18.9 Å². The molecule has 8 heavy (non-hydrogen) atoms. The molecule has 0 bridgehead atoms. The van der Waals surface area contributed by atoms with Crippen LogP contribution < -0.4 is 18.9 Å². The SMILES string of the molecule is O=P(O)(O)[SiH3].[AlH3].[H-].[Li+].[Ti]. The summed E-state index contributed by atoms with van der Waals surface area (Å²) in [6.07, 6.45) is 0. The first-order valence-corrected chi connectivity index (χ1v) is 5.77. The summed E-state index contributed by atoms with van der Waals surface area (Å²) in [5.74, 6) is 0. The van der Waals surface area contributed by atoms with Crippen molar-refractivity contribution >= 4 is 34.4 Å². The third-order valence-corrected chi connectivity index (χ3v) is 0. The summed E-state index contributed by atoms with van der Waals surface area (Å²) < 4.78 is 9.39. The quantitative estimate of drug-likeness (QED) is 0.301. The van der Waals surface area contributed by atoms with E-state index in [4.69, 9.17) is 9.79 Å². The van der Waals surface area contributed by atoms with E-state index in [1.165, 1.54) is 0 Å². The fourth-order valence-electron chi connectivity index (χ4n) is 0. The van der Waals surface area contributed by atoms with Gasteiger partial charge in [-0.25, -0.2) is 0 Å². The maximum Gasteiger partial charge on any atom is 1.00 e. The van der Waals surface area contributed by atoms with Gasteiger partial charge in [-0.15, -0.1) is 0 Å². The Morgan fingerprint density at radius 3 is 1.50 bits per heavy atom. The molecule has 0 rings (SSSR count). The molecule has 2 N–H and O–H groups in total. The average Bonchev–Trinajstić information content (AvgIpc) is 0.722. The Hall–Kier alpha value is 2.21. The fraction of sp³-hybridized carbons (Fsp3) is 0. The normalized spacial score (nSPS) is 7.75. The van der Waals surface area contributed by atoms with Crippen LogP contribution in [0.25, 0.3) is 0 Å². The molecular formula is H9AlLiO3PSiTi. The van der Waals surface area contributed by atoms with Gasteiger partial charge in [0.15, 0.2) is 17.4 Å². The third-order valence-electron chi connectivity index (χ3n) is 0. The second-order valence-electron chi connectivity index (χ2n) is 0.835. The van der Waals surface area contributed by atoms with Crippen molar-refractivity contribution < 1.29 is 56.4 Å². The van der Waals surface area contributed by atoms with Crippen molar-refractivity contribution in [2.75, 3.05) is 0 Å². The minimum atomic E-state index is -3.50. The predicted molar refractivity (Wildman–Crippen MR) is 33.0 cm³/mol. The van der Waals surface area contributed by atoms with E-state index >= 15 is 0 Å². The number of hydrogen-bond donors (Lipinski definition) is 2. The molecule has 0 aromatic rings. The van der Waals surface area contributed by atoms with Gasteiger partial charge in [-0.05, 0) is 0 Å². The maximum absolute atomic E-state index is 9.39. The van der Waals surface area contributed by atoms with Crippen molar-refractivity contribution in [1.82, 2.24) is 0 Å². The van der Waals surface area contributed by atoms with Crippen LogP contribution >= 0.6 is 7.14 Å². The van der Waals surface area contributed by atoms with Gasteiger partial charge in [-0.2, -0.15) is 0 Å². The summed E-state index contributed by atoms with van der Waals surface area (Å²) in [7, 11) is -3.53. The monoisotopic (exact) mass is 198 g/mol. The van der Waals surface area contributed by atoms with Crippen LogP contribution in [0.2, 0.25) is 0 Å². The van der Waals surface area contributed by atoms with E-state index < -0.39 is 7.14 Å². The summed E-state index contributed by atoms with van der Waals surface area (Å²) in [4.78, 5) is 15.4. The summed E-state index contributed by atoms with van der Waals surface area (Å²) in [5, 5.41) is 0. The molecule has 0 unspecified atom stereocenters. The third kappa shape index (κ3) is 87.3. The molecule has 0 radical (unpaired) electrons. The molecule has 0 spiro atoms. The smallest absolute Gasteiger partial charge is 1.00 e. The Labute approximate surface area is 90.1 Å². The van der Waals surface area contributed by atoms with Crippen LogP contribution in [0.5, 0.6) is 0 Å². The minimum absolute atomic E-state index is 0. The van der Waals surface area contributed by atoms with Crippen molar-refractivity contribution in [3.05, 3.63) is 0 Å². The fourth-order valence-corrected chi connectivity index (χ4v) is 0. The maximum atomic E-state index is 9.39. The summed E-state index contributed by atoms with van der Waals surface area (Å²) in [5.41, 5.74) is 0. The van der Waals surface area contributed by atoms with E-state index in [0.29, 0.717) is 0 Å². The van der Waals surface area contributed by atoms with E-state index in [-0.39, 0.29) is 69.3 Å². The van der Waals surface area contributed by atoms with Gasteiger partial charge in [0.05, 0.1) is 0 Å². The second-order valence-corrected chi connectivity index (χ2v) is 6.00. The first kappa shape index (κ1) is 22.5. The van der Waals surface area contributed by atoms with Gasteiger partial charge in [0, 0.05) is 21.7 Å². The Bertz CT molecular complexity index is 69.9. The van der Waals surface area contributed by atoms with E-state index in [0.717, 1.165) is 0 Å². The Balaban J connectivity index is -0.0000000133. The van der Waals surface area contributed by atoms with Gasteiger partial charge in [0.1, 0.15) is 9.91 Å². The molecule has 0 aliphatic rings. The van der Waals surface area contributed by atoms with Crippen LogP contribution in [-0.4, -0.2) is 37.1 Å². The molecule has 0 saturated heterocycles. The molecule has 0 aliphatic heterocycles. The van der Waals surface area contributed by atoms with Crippen molar-refractivity contribution in [3.63, 3.8) is 0 Å². The average molecular weight is 198 g/mol. The van der Waals surface area contributed by atoms with Gasteiger partial charge in [0.2, 0.25) is 0 Å². The van der Waals surface area contributed by atoms with Gasteiger partial charge in [-0.3, -0.25) is 4.57 Å². The van der Waals surface area contributed by atoms with Crippen molar-refractivity contribution in [2.24, 2.45) is 0 Å². The van der Waals surface area contributed by atoms with Crippen molar-refractivity contribution in [1.29, 1.82) is 0 Å².